The Morgan fingerprint density at radius 1 is 1.06 bits per heavy atom. The summed E-state index contributed by atoms with van der Waals surface area (Å²) >= 11 is 0. The first-order valence-corrected chi connectivity index (χ1v) is 11.7. The van der Waals surface area contributed by atoms with Crippen LogP contribution in [0.25, 0.3) is 0 Å². The Morgan fingerprint density at radius 3 is 2.58 bits per heavy atom. The maximum atomic E-state index is 12.8. The number of piperidine rings is 1. The monoisotopic (exact) mass is 420 g/mol. The summed E-state index contributed by atoms with van der Waals surface area (Å²) in [4.78, 5) is 27.3. The summed E-state index contributed by atoms with van der Waals surface area (Å²) in [6.45, 7) is 4.82. The molecule has 1 saturated heterocycles. The van der Waals surface area contributed by atoms with Gasteiger partial charge in [-0.2, -0.15) is 0 Å². The van der Waals surface area contributed by atoms with Crippen molar-refractivity contribution in [2.24, 2.45) is 0 Å². The fourth-order valence-corrected chi connectivity index (χ4v) is 5.47. The van der Waals surface area contributed by atoms with Crippen LogP contribution in [0.5, 0.6) is 5.75 Å². The summed E-state index contributed by atoms with van der Waals surface area (Å²) in [5, 5.41) is 0. The average Bonchev–Trinajstić information content (AvgIpc) is 3.44. The van der Waals surface area contributed by atoms with Gasteiger partial charge in [-0.3, -0.25) is 14.6 Å². The van der Waals surface area contributed by atoms with Crippen LogP contribution < -0.4 is 9.64 Å². The molecule has 2 aliphatic heterocycles. The van der Waals surface area contributed by atoms with Crippen LogP contribution in [0, 0.1) is 6.92 Å². The number of aryl methyl sites for hydroxylation is 1. The van der Waals surface area contributed by atoms with Crippen molar-refractivity contribution in [2.75, 3.05) is 25.1 Å². The molecule has 3 aliphatic rings. The molecule has 1 aliphatic carbocycles. The third-order valence-electron chi connectivity index (χ3n) is 7.25. The molecule has 5 rings (SSSR count). The molecule has 31 heavy (non-hydrogen) atoms. The molecule has 0 spiro atoms. The second-order valence-electron chi connectivity index (χ2n) is 9.25. The fraction of sp³-hybridized carbons (Fsp3) is 0.560. The summed E-state index contributed by atoms with van der Waals surface area (Å²) in [6, 6.07) is 8.64. The van der Waals surface area contributed by atoms with Gasteiger partial charge in [-0.1, -0.05) is 25.0 Å². The predicted octanol–water partition coefficient (Wildman–Crippen LogP) is 4.00. The number of aromatic nitrogens is 2. The molecule has 1 amide bonds. The highest BCUT2D eigenvalue weighted by molar-refractivity contribution is 6.00. The van der Waals surface area contributed by atoms with Crippen molar-refractivity contribution in [3.05, 3.63) is 46.9 Å². The van der Waals surface area contributed by atoms with Crippen LogP contribution in [0.15, 0.2) is 24.3 Å². The Balaban J connectivity index is 1.39. The second kappa shape index (κ2) is 8.58. The van der Waals surface area contributed by atoms with Crippen LogP contribution in [0.3, 0.4) is 0 Å². The Labute approximate surface area is 184 Å². The smallest absolute Gasteiger partial charge is 0.233 e. The Bertz CT molecular complexity index is 953. The first kappa shape index (κ1) is 20.4. The molecule has 164 valence electrons. The molecule has 1 aromatic carbocycles. The number of hydrogen-bond acceptors (Lipinski definition) is 5. The van der Waals surface area contributed by atoms with Crippen LogP contribution >= 0.6 is 0 Å². The molecule has 0 N–H and O–H groups in total. The van der Waals surface area contributed by atoms with E-state index in [1.807, 2.05) is 36.1 Å². The zero-order chi connectivity index (χ0) is 21.4. The Hall–Kier alpha value is -2.47. The summed E-state index contributed by atoms with van der Waals surface area (Å²) in [5.74, 6) is 3.03. The van der Waals surface area contributed by atoms with E-state index < -0.39 is 0 Å². The van der Waals surface area contributed by atoms with Gasteiger partial charge < -0.3 is 4.74 Å². The molecule has 1 atom stereocenters. The van der Waals surface area contributed by atoms with E-state index in [9.17, 15) is 4.79 Å². The molecular weight excluding hydrogens is 388 g/mol. The van der Waals surface area contributed by atoms with Crippen molar-refractivity contribution in [3.8, 4) is 5.75 Å². The van der Waals surface area contributed by atoms with Crippen LogP contribution in [-0.4, -0.2) is 47.0 Å². The average molecular weight is 421 g/mol. The van der Waals surface area contributed by atoms with E-state index in [0.29, 0.717) is 18.9 Å². The van der Waals surface area contributed by atoms with Gasteiger partial charge in [0.05, 0.1) is 20.1 Å². The van der Waals surface area contributed by atoms with Gasteiger partial charge in [-0.15, -0.1) is 0 Å². The molecule has 6 heteroatoms. The normalized spacial score (nSPS) is 22.2. The first-order chi connectivity index (χ1) is 15.1. The van der Waals surface area contributed by atoms with Gasteiger partial charge in [0, 0.05) is 29.8 Å². The number of methoxy groups -OCH3 is 1. The summed E-state index contributed by atoms with van der Waals surface area (Å²) in [5.41, 5.74) is 3.03. The summed E-state index contributed by atoms with van der Waals surface area (Å²) in [7, 11) is 1.66. The van der Waals surface area contributed by atoms with E-state index in [-0.39, 0.29) is 5.91 Å². The van der Waals surface area contributed by atoms with E-state index in [2.05, 4.69) is 4.90 Å². The Kier molecular flexibility index (Phi) is 5.65. The Morgan fingerprint density at radius 2 is 1.84 bits per heavy atom. The third-order valence-corrected chi connectivity index (χ3v) is 7.25. The SMILES string of the molecule is COc1ccc(CN2C(=O)Cc3c(C)nc(C4CCCN(C5CCCC5)C4)nc32)cc1. The zero-order valence-electron chi connectivity index (χ0n) is 18.6. The van der Waals surface area contributed by atoms with Gasteiger partial charge in [0.2, 0.25) is 5.91 Å². The standard InChI is InChI=1S/C25H32N4O2/c1-17-22-14-23(30)29(15-18-9-11-21(31-2)12-10-18)25(22)27-24(26-17)19-6-5-13-28(16-19)20-7-3-4-8-20/h9-12,19-20H,3-8,13-16H2,1-2H3. The number of likely N-dealkylation sites (tertiary alicyclic amines) is 1. The van der Waals surface area contributed by atoms with E-state index in [0.717, 1.165) is 53.2 Å². The maximum absolute atomic E-state index is 12.8. The maximum Gasteiger partial charge on any atom is 0.233 e. The molecule has 3 heterocycles. The van der Waals surface area contributed by atoms with Crippen molar-refractivity contribution in [1.29, 1.82) is 0 Å². The number of rotatable bonds is 5. The van der Waals surface area contributed by atoms with Crippen LogP contribution in [0.2, 0.25) is 0 Å². The van der Waals surface area contributed by atoms with Crippen LogP contribution in [0.4, 0.5) is 5.82 Å². The minimum Gasteiger partial charge on any atom is -0.497 e. The molecule has 0 bridgehead atoms. The van der Waals surface area contributed by atoms with Crippen molar-refractivity contribution >= 4 is 11.7 Å². The molecule has 1 saturated carbocycles. The zero-order valence-corrected chi connectivity index (χ0v) is 18.6. The van der Waals surface area contributed by atoms with Crippen LogP contribution in [-0.2, 0) is 17.8 Å². The van der Waals surface area contributed by atoms with Gasteiger partial charge in [0.1, 0.15) is 17.4 Å². The largest absolute Gasteiger partial charge is 0.497 e. The lowest BCUT2D eigenvalue weighted by Crippen LogP contribution is -2.41. The van der Waals surface area contributed by atoms with Crippen molar-refractivity contribution in [1.82, 2.24) is 14.9 Å². The van der Waals surface area contributed by atoms with Crippen LogP contribution in [0.1, 0.15) is 67.1 Å². The third kappa shape index (κ3) is 4.05. The molecule has 2 fully saturated rings. The van der Waals surface area contributed by atoms with E-state index >= 15 is 0 Å². The van der Waals surface area contributed by atoms with Gasteiger partial charge >= 0.3 is 0 Å². The van der Waals surface area contributed by atoms with Crippen molar-refractivity contribution in [3.63, 3.8) is 0 Å². The number of ether oxygens (including phenoxy) is 1. The first-order valence-electron chi connectivity index (χ1n) is 11.7. The molecule has 1 aromatic heterocycles. The number of fused-ring (bicyclic) bond motifs is 1. The molecule has 0 radical (unpaired) electrons. The van der Waals surface area contributed by atoms with E-state index in [1.165, 1.54) is 38.6 Å². The predicted molar refractivity (Wildman–Crippen MR) is 120 cm³/mol. The highest BCUT2D eigenvalue weighted by Crippen LogP contribution is 2.35. The molecule has 6 nitrogen and oxygen atoms in total. The topological polar surface area (TPSA) is 58.6 Å². The van der Waals surface area contributed by atoms with Gasteiger partial charge in [0.25, 0.3) is 0 Å². The van der Waals surface area contributed by atoms with E-state index in [1.54, 1.807) is 7.11 Å². The lowest BCUT2D eigenvalue weighted by molar-refractivity contribution is -0.117. The van der Waals surface area contributed by atoms with Gasteiger partial charge in [-0.05, 0) is 56.8 Å². The number of amides is 1. The van der Waals surface area contributed by atoms with Gasteiger partial charge in [0.15, 0.2) is 0 Å². The lowest BCUT2D eigenvalue weighted by atomic mass is 9.95. The number of hydrogen-bond donors (Lipinski definition) is 0. The van der Waals surface area contributed by atoms with Crippen molar-refractivity contribution in [2.45, 2.75) is 70.4 Å². The van der Waals surface area contributed by atoms with Gasteiger partial charge in [-0.25, -0.2) is 9.97 Å². The molecular formula is C25H32N4O2. The molecule has 1 unspecified atom stereocenters. The quantitative estimate of drug-likeness (QED) is 0.732. The number of carbonyl (C=O) groups is 1. The van der Waals surface area contributed by atoms with E-state index in [4.69, 9.17) is 14.7 Å². The number of anilines is 1. The number of benzene rings is 1. The second-order valence-corrected chi connectivity index (χ2v) is 9.25. The fourth-order valence-electron chi connectivity index (χ4n) is 5.47. The summed E-state index contributed by atoms with van der Waals surface area (Å²) in [6.07, 6.45) is 8.13. The number of nitrogens with zero attached hydrogens (tertiary/aromatic N) is 4. The summed E-state index contributed by atoms with van der Waals surface area (Å²) < 4.78 is 5.26. The lowest BCUT2D eigenvalue weighted by Gasteiger charge is -2.36. The minimum atomic E-state index is 0.108. The molecule has 2 aromatic rings. The number of carbonyl (C=O) groups excluding carboxylic acids is 1. The minimum absolute atomic E-state index is 0.108. The van der Waals surface area contributed by atoms with Crippen molar-refractivity contribution < 1.29 is 9.53 Å². The highest BCUT2D eigenvalue weighted by Gasteiger charge is 2.34. The highest BCUT2D eigenvalue weighted by atomic mass is 16.5.